The maximum atomic E-state index is 14.6. The van der Waals surface area contributed by atoms with Gasteiger partial charge in [0.25, 0.3) is 0 Å². The normalized spacial score (nSPS) is 27.1. The first-order valence-electron chi connectivity index (χ1n) is 8.08. The molecule has 128 valence electrons. The highest BCUT2D eigenvalue weighted by molar-refractivity contribution is 5.67. The Bertz CT molecular complexity index is 594. The van der Waals surface area contributed by atoms with Crippen LogP contribution in [-0.2, 0) is 4.74 Å². The monoisotopic (exact) mass is 326 g/mol. The Kier molecular flexibility index (Phi) is 4.70. The van der Waals surface area contributed by atoms with E-state index in [2.05, 4.69) is 4.98 Å². The Balaban J connectivity index is 1.56. The lowest BCUT2D eigenvalue weighted by molar-refractivity contribution is -0.0261. The highest BCUT2D eigenvalue weighted by Gasteiger charge is 2.36. The first kappa shape index (κ1) is 16.0. The number of nitrogens with one attached hydrogen (secondary N) is 1. The second-order valence-corrected chi connectivity index (χ2v) is 6.21. The van der Waals surface area contributed by atoms with Crippen molar-refractivity contribution in [3.8, 4) is 0 Å². The van der Waals surface area contributed by atoms with Gasteiger partial charge < -0.3 is 14.6 Å². The first-order valence-corrected chi connectivity index (χ1v) is 8.08. The summed E-state index contributed by atoms with van der Waals surface area (Å²) >= 11 is 0. The lowest BCUT2D eigenvalue weighted by Gasteiger charge is -2.43. The molecule has 2 saturated heterocycles. The number of rotatable bonds is 2. The van der Waals surface area contributed by atoms with Gasteiger partial charge in [0.05, 0.1) is 7.11 Å². The molecule has 2 aliphatic heterocycles. The average Bonchev–Trinajstić information content (AvgIpc) is 3.00. The zero-order valence-electron chi connectivity index (χ0n) is 13.3. The number of aromatic nitrogens is 2. The van der Waals surface area contributed by atoms with Gasteiger partial charge in [-0.05, 0) is 19.3 Å². The summed E-state index contributed by atoms with van der Waals surface area (Å²) in [6.07, 6.45) is 4.50. The number of carbonyl (C=O) groups excluding carboxylic acids is 1. The van der Waals surface area contributed by atoms with Crippen molar-refractivity contribution in [2.75, 3.05) is 26.7 Å². The molecule has 0 spiro atoms. The lowest BCUT2D eigenvalue weighted by Crippen LogP contribution is -2.52. The molecule has 3 heterocycles. The zero-order chi connectivity index (χ0) is 16.4. The van der Waals surface area contributed by atoms with Crippen LogP contribution in [0.2, 0.25) is 0 Å². The number of alkyl halides is 1. The topological polar surface area (TPSA) is 70.6 Å². The van der Waals surface area contributed by atoms with Gasteiger partial charge in [-0.1, -0.05) is 0 Å². The second-order valence-electron chi connectivity index (χ2n) is 6.21. The molecule has 1 aromatic rings. The number of hydrogen-bond acceptors (Lipinski definition) is 4. The van der Waals surface area contributed by atoms with Crippen molar-refractivity contribution >= 4 is 6.09 Å². The van der Waals surface area contributed by atoms with E-state index in [-0.39, 0.29) is 23.9 Å². The van der Waals surface area contributed by atoms with Crippen molar-refractivity contribution in [1.82, 2.24) is 19.4 Å². The number of aromatic amines is 1. The van der Waals surface area contributed by atoms with Crippen molar-refractivity contribution < 1.29 is 13.9 Å². The Morgan fingerprint density at radius 3 is 2.52 bits per heavy atom. The maximum absolute atomic E-state index is 14.6. The van der Waals surface area contributed by atoms with Crippen LogP contribution in [0.4, 0.5) is 9.18 Å². The van der Waals surface area contributed by atoms with E-state index >= 15 is 0 Å². The molecule has 0 bridgehead atoms. The molecule has 2 unspecified atom stereocenters. The van der Waals surface area contributed by atoms with Gasteiger partial charge in [-0.2, -0.15) is 0 Å². The van der Waals surface area contributed by atoms with E-state index in [1.807, 2.05) is 4.90 Å². The second kappa shape index (κ2) is 6.74. The van der Waals surface area contributed by atoms with Gasteiger partial charge in [0.1, 0.15) is 0 Å². The molecule has 2 atom stereocenters. The number of imidazole rings is 1. The number of halogens is 1. The quantitative estimate of drug-likeness (QED) is 0.833. The van der Waals surface area contributed by atoms with Crippen LogP contribution in [0.3, 0.4) is 0 Å². The number of nitrogens with zero attached hydrogens (tertiary/aromatic N) is 3. The lowest BCUT2D eigenvalue weighted by atomic mass is 9.97. The number of carbonyl (C=O) groups is 1. The predicted molar refractivity (Wildman–Crippen MR) is 81.9 cm³/mol. The van der Waals surface area contributed by atoms with E-state index in [9.17, 15) is 14.0 Å². The number of H-pyrrole nitrogens is 1. The molecule has 2 fully saturated rings. The van der Waals surface area contributed by atoms with Crippen LogP contribution in [0.5, 0.6) is 0 Å². The smallest absolute Gasteiger partial charge is 0.409 e. The van der Waals surface area contributed by atoms with Gasteiger partial charge in [-0.3, -0.25) is 9.47 Å². The minimum atomic E-state index is -1.05. The van der Waals surface area contributed by atoms with Crippen LogP contribution in [0, 0.1) is 0 Å². The number of piperidine rings is 2. The number of ether oxygens (including phenoxy) is 1. The predicted octanol–water partition coefficient (Wildman–Crippen LogP) is 1.34. The summed E-state index contributed by atoms with van der Waals surface area (Å²) in [5.74, 6) is 0. The summed E-state index contributed by atoms with van der Waals surface area (Å²) < 4.78 is 20.9. The minimum Gasteiger partial charge on any atom is -0.453 e. The molecule has 0 saturated carbocycles. The molecule has 23 heavy (non-hydrogen) atoms. The Hall–Kier alpha value is -1.83. The molecular formula is C15H23FN4O3. The third-order valence-corrected chi connectivity index (χ3v) is 4.98. The molecule has 0 aromatic carbocycles. The van der Waals surface area contributed by atoms with Gasteiger partial charge in [0.15, 0.2) is 6.30 Å². The third-order valence-electron chi connectivity index (χ3n) is 4.98. The molecular weight excluding hydrogens is 303 g/mol. The molecule has 1 N–H and O–H groups in total. The fourth-order valence-electron chi connectivity index (χ4n) is 3.71. The molecule has 2 aliphatic rings. The van der Waals surface area contributed by atoms with E-state index in [1.54, 1.807) is 21.9 Å². The van der Waals surface area contributed by atoms with Crippen LogP contribution in [0.25, 0.3) is 0 Å². The first-order chi connectivity index (χ1) is 11.1. The maximum Gasteiger partial charge on any atom is 0.409 e. The Morgan fingerprint density at radius 1 is 1.26 bits per heavy atom. The fraction of sp³-hybridized carbons (Fsp3) is 0.733. The number of amides is 1. The van der Waals surface area contributed by atoms with Crippen LogP contribution in [-0.4, -0.2) is 64.5 Å². The Labute approximate surface area is 134 Å². The van der Waals surface area contributed by atoms with Gasteiger partial charge in [0, 0.05) is 50.5 Å². The highest BCUT2D eigenvalue weighted by atomic mass is 19.1. The van der Waals surface area contributed by atoms with Crippen LogP contribution in [0.1, 0.15) is 31.7 Å². The van der Waals surface area contributed by atoms with Crippen molar-refractivity contribution in [3.63, 3.8) is 0 Å². The standard InChI is InChI=1S/C15H23FN4O3/c1-23-15(22)18-6-2-11(3-7-18)19-8-4-12(10-13(19)16)20-9-5-17-14(20)21/h5,9,11-13H,2-4,6-8,10H2,1H3,(H,17,21). The van der Waals surface area contributed by atoms with Crippen molar-refractivity contribution in [2.45, 2.75) is 44.1 Å². The van der Waals surface area contributed by atoms with E-state index in [4.69, 9.17) is 4.74 Å². The summed E-state index contributed by atoms with van der Waals surface area (Å²) in [6, 6.07) is 0.0601. The summed E-state index contributed by atoms with van der Waals surface area (Å²) in [5.41, 5.74) is -0.179. The van der Waals surface area contributed by atoms with Gasteiger partial charge in [-0.15, -0.1) is 0 Å². The summed E-state index contributed by atoms with van der Waals surface area (Å²) in [7, 11) is 1.37. The highest BCUT2D eigenvalue weighted by Crippen LogP contribution is 2.31. The average molecular weight is 326 g/mol. The molecule has 1 aromatic heterocycles. The Morgan fingerprint density at radius 2 is 1.96 bits per heavy atom. The van der Waals surface area contributed by atoms with E-state index in [0.717, 1.165) is 19.3 Å². The van der Waals surface area contributed by atoms with E-state index < -0.39 is 6.30 Å². The van der Waals surface area contributed by atoms with E-state index in [0.29, 0.717) is 26.1 Å². The largest absolute Gasteiger partial charge is 0.453 e. The van der Waals surface area contributed by atoms with Gasteiger partial charge in [0.2, 0.25) is 0 Å². The summed E-state index contributed by atoms with van der Waals surface area (Å²) in [4.78, 5) is 29.3. The molecule has 3 rings (SSSR count). The van der Waals surface area contributed by atoms with E-state index in [1.165, 1.54) is 7.11 Å². The number of hydrogen-bond donors (Lipinski definition) is 1. The van der Waals surface area contributed by atoms with Crippen LogP contribution < -0.4 is 5.69 Å². The van der Waals surface area contributed by atoms with Crippen molar-refractivity contribution in [2.24, 2.45) is 0 Å². The fourth-order valence-corrected chi connectivity index (χ4v) is 3.71. The molecule has 0 aliphatic carbocycles. The molecule has 8 heteroatoms. The summed E-state index contributed by atoms with van der Waals surface area (Å²) in [5, 5.41) is 0. The number of methoxy groups -OCH3 is 1. The van der Waals surface area contributed by atoms with Crippen LogP contribution >= 0.6 is 0 Å². The number of likely N-dealkylation sites (tertiary alicyclic amines) is 2. The van der Waals surface area contributed by atoms with Crippen molar-refractivity contribution in [3.05, 3.63) is 22.9 Å². The third kappa shape index (κ3) is 3.26. The zero-order valence-corrected chi connectivity index (χ0v) is 13.3. The van der Waals surface area contributed by atoms with Gasteiger partial charge in [-0.25, -0.2) is 14.0 Å². The molecule has 1 amide bonds. The SMILES string of the molecule is COC(=O)N1CCC(N2CCC(n3cc[nH]c3=O)CC2F)CC1. The van der Waals surface area contributed by atoms with Gasteiger partial charge >= 0.3 is 11.8 Å². The molecule has 7 nitrogen and oxygen atoms in total. The summed E-state index contributed by atoms with van der Waals surface area (Å²) in [6.45, 7) is 1.83. The molecule has 0 radical (unpaired) electrons. The van der Waals surface area contributed by atoms with Crippen LogP contribution in [0.15, 0.2) is 17.2 Å². The van der Waals surface area contributed by atoms with Crippen molar-refractivity contribution in [1.29, 1.82) is 0 Å². The minimum absolute atomic E-state index is 0.0878.